The summed E-state index contributed by atoms with van der Waals surface area (Å²) in [6.07, 6.45) is 3.46. The van der Waals surface area contributed by atoms with Gasteiger partial charge in [-0.1, -0.05) is 28.1 Å². The van der Waals surface area contributed by atoms with Gasteiger partial charge in [0, 0.05) is 9.35 Å². The number of halogens is 1. The molecule has 1 atom stereocenters. The molecular formula is C16H21BrN2S. The van der Waals surface area contributed by atoms with Gasteiger partial charge < -0.3 is 5.32 Å². The van der Waals surface area contributed by atoms with E-state index in [2.05, 4.69) is 57.4 Å². The fourth-order valence-electron chi connectivity index (χ4n) is 2.46. The molecule has 0 bridgehead atoms. The molecule has 0 amide bonds. The minimum Gasteiger partial charge on any atom is -0.319 e. The number of aryl methyl sites for hydroxylation is 2. The molecule has 1 aromatic heterocycles. The third-order valence-electron chi connectivity index (χ3n) is 3.53. The second-order valence-electron chi connectivity index (χ2n) is 5.16. The van der Waals surface area contributed by atoms with Crippen molar-refractivity contribution < 1.29 is 0 Å². The van der Waals surface area contributed by atoms with Crippen molar-refractivity contribution in [2.45, 2.75) is 26.2 Å². The largest absolute Gasteiger partial charge is 0.319 e. The quantitative estimate of drug-likeness (QED) is 0.806. The first-order valence-corrected chi connectivity index (χ1v) is 8.64. The molecule has 0 aliphatic carbocycles. The second kappa shape index (κ2) is 7.91. The Morgan fingerprint density at radius 2 is 2.25 bits per heavy atom. The minimum atomic E-state index is 0.663. The summed E-state index contributed by atoms with van der Waals surface area (Å²) in [7, 11) is 2.03. The first kappa shape index (κ1) is 15.7. The van der Waals surface area contributed by atoms with E-state index in [1.165, 1.54) is 22.6 Å². The first-order chi connectivity index (χ1) is 9.69. The van der Waals surface area contributed by atoms with Gasteiger partial charge in [-0.3, -0.25) is 0 Å². The zero-order chi connectivity index (χ0) is 14.4. The third kappa shape index (κ3) is 4.69. The van der Waals surface area contributed by atoms with Crippen LogP contribution >= 0.6 is 27.3 Å². The molecule has 0 aliphatic rings. The van der Waals surface area contributed by atoms with E-state index in [9.17, 15) is 0 Å². The van der Waals surface area contributed by atoms with Crippen molar-refractivity contribution in [3.05, 3.63) is 50.4 Å². The Balaban J connectivity index is 1.95. The van der Waals surface area contributed by atoms with Gasteiger partial charge in [0.15, 0.2) is 0 Å². The maximum absolute atomic E-state index is 4.33. The molecule has 1 aromatic carbocycles. The highest BCUT2D eigenvalue weighted by atomic mass is 79.9. The van der Waals surface area contributed by atoms with Crippen LogP contribution < -0.4 is 5.32 Å². The van der Waals surface area contributed by atoms with Crippen molar-refractivity contribution >= 4 is 27.3 Å². The molecule has 0 fully saturated rings. The monoisotopic (exact) mass is 352 g/mol. The molecule has 0 saturated heterocycles. The van der Waals surface area contributed by atoms with Gasteiger partial charge >= 0.3 is 0 Å². The van der Waals surface area contributed by atoms with Crippen LogP contribution in [0.1, 0.15) is 22.6 Å². The molecule has 4 heteroatoms. The average molecular weight is 353 g/mol. The van der Waals surface area contributed by atoms with Crippen LogP contribution in [0.25, 0.3) is 0 Å². The van der Waals surface area contributed by atoms with Crippen molar-refractivity contribution in [1.29, 1.82) is 0 Å². The number of hydrogen-bond acceptors (Lipinski definition) is 3. The lowest BCUT2D eigenvalue weighted by atomic mass is 9.94. The van der Waals surface area contributed by atoms with Gasteiger partial charge in [-0.2, -0.15) is 0 Å². The van der Waals surface area contributed by atoms with Crippen LogP contribution in [0.4, 0.5) is 0 Å². The molecule has 0 spiro atoms. The molecule has 108 valence electrons. The van der Waals surface area contributed by atoms with Crippen molar-refractivity contribution in [3.8, 4) is 0 Å². The summed E-state index contributed by atoms with van der Waals surface area (Å²) in [5.74, 6) is 0.663. The summed E-state index contributed by atoms with van der Waals surface area (Å²) < 4.78 is 1.16. The van der Waals surface area contributed by atoms with Crippen molar-refractivity contribution in [2.24, 2.45) is 5.92 Å². The Hall–Kier alpha value is -0.710. The fourth-order valence-corrected chi connectivity index (χ4v) is 3.71. The Bertz CT molecular complexity index is 539. The first-order valence-electron chi connectivity index (χ1n) is 6.97. The zero-order valence-corrected chi connectivity index (χ0v) is 14.4. The number of thiazole rings is 1. The summed E-state index contributed by atoms with van der Waals surface area (Å²) in [5.41, 5.74) is 4.55. The van der Waals surface area contributed by atoms with Gasteiger partial charge in [-0.25, -0.2) is 4.98 Å². The minimum absolute atomic E-state index is 0.663. The van der Waals surface area contributed by atoms with Crippen LogP contribution in [0.2, 0.25) is 0 Å². The Morgan fingerprint density at radius 1 is 1.40 bits per heavy atom. The topological polar surface area (TPSA) is 24.9 Å². The van der Waals surface area contributed by atoms with E-state index in [0.29, 0.717) is 5.92 Å². The zero-order valence-electron chi connectivity index (χ0n) is 12.0. The predicted octanol–water partition coefficient (Wildman–Crippen LogP) is 4.22. The lowest BCUT2D eigenvalue weighted by Crippen LogP contribution is -2.21. The lowest BCUT2D eigenvalue weighted by Gasteiger charge is -2.16. The van der Waals surface area contributed by atoms with Crippen molar-refractivity contribution in [3.63, 3.8) is 0 Å². The van der Waals surface area contributed by atoms with Crippen LogP contribution in [-0.4, -0.2) is 18.6 Å². The molecule has 0 aliphatic heterocycles. The van der Waals surface area contributed by atoms with E-state index in [1.807, 2.05) is 12.6 Å². The molecule has 1 unspecified atom stereocenters. The molecule has 20 heavy (non-hydrogen) atoms. The lowest BCUT2D eigenvalue weighted by molar-refractivity contribution is 0.462. The predicted molar refractivity (Wildman–Crippen MR) is 90.4 cm³/mol. The summed E-state index contributed by atoms with van der Waals surface area (Å²) >= 11 is 5.33. The van der Waals surface area contributed by atoms with E-state index in [-0.39, 0.29) is 0 Å². The highest BCUT2D eigenvalue weighted by Gasteiger charge is 2.11. The normalized spacial score (nSPS) is 12.6. The standard InChI is InChI=1S/C16H21BrN2S/c1-12-16(20-11-19-12)7-6-14(10-18-2)8-13-4-3-5-15(17)9-13/h3-5,9,11,14,18H,6-8,10H2,1-2H3. The Labute approximate surface area is 133 Å². The molecular weight excluding hydrogens is 332 g/mol. The molecule has 1 heterocycles. The Morgan fingerprint density at radius 3 is 2.90 bits per heavy atom. The number of benzene rings is 1. The Kier molecular flexibility index (Phi) is 6.20. The number of rotatable bonds is 7. The summed E-state index contributed by atoms with van der Waals surface area (Å²) in [5, 5.41) is 3.32. The summed E-state index contributed by atoms with van der Waals surface area (Å²) in [6.45, 7) is 3.16. The SMILES string of the molecule is CNCC(CCc1scnc1C)Cc1cccc(Br)c1. The second-order valence-corrected chi connectivity index (χ2v) is 7.01. The highest BCUT2D eigenvalue weighted by molar-refractivity contribution is 9.10. The average Bonchev–Trinajstić information content (AvgIpc) is 2.82. The number of hydrogen-bond donors (Lipinski definition) is 1. The number of aromatic nitrogens is 1. The maximum atomic E-state index is 4.33. The number of nitrogens with one attached hydrogen (secondary N) is 1. The van der Waals surface area contributed by atoms with Crippen molar-refractivity contribution in [2.75, 3.05) is 13.6 Å². The van der Waals surface area contributed by atoms with Gasteiger partial charge in [0.25, 0.3) is 0 Å². The summed E-state index contributed by atoms with van der Waals surface area (Å²) in [6, 6.07) is 8.63. The van der Waals surface area contributed by atoms with E-state index in [4.69, 9.17) is 0 Å². The molecule has 2 aromatic rings. The maximum Gasteiger partial charge on any atom is 0.0797 e. The summed E-state index contributed by atoms with van der Waals surface area (Å²) in [4.78, 5) is 5.76. The van der Waals surface area contributed by atoms with Crippen LogP contribution in [0, 0.1) is 12.8 Å². The van der Waals surface area contributed by atoms with Crippen LogP contribution in [-0.2, 0) is 12.8 Å². The van der Waals surface area contributed by atoms with E-state index >= 15 is 0 Å². The van der Waals surface area contributed by atoms with Crippen LogP contribution in [0.15, 0.2) is 34.2 Å². The van der Waals surface area contributed by atoms with Gasteiger partial charge in [-0.05, 0) is 63.4 Å². The van der Waals surface area contributed by atoms with Gasteiger partial charge in [-0.15, -0.1) is 11.3 Å². The van der Waals surface area contributed by atoms with Crippen LogP contribution in [0.5, 0.6) is 0 Å². The molecule has 2 nitrogen and oxygen atoms in total. The van der Waals surface area contributed by atoms with Crippen LogP contribution in [0.3, 0.4) is 0 Å². The van der Waals surface area contributed by atoms with E-state index < -0.39 is 0 Å². The number of nitrogens with zero attached hydrogens (tertiary/aromatic N) is 1. The fraction of sp³-hybridized carbons (Fsp3) is 0.438. The van der Waals surface area contributed by atoms with E-state index in [0.717, 1.165) is 23.9 Å². The smallest absolute Gasteiger partial charge is 0.0797 e. The van der Waals surface area contributed by atoms with Gasteiger partial charge in [0.1, 0.15) is 0 Å². The van der Waals surface area contributed by atoms with Crippen molar-refractivity contribution in [1.82, 2.24) is 10.3 Å². The third-order valence-corrected chi connectivity index (χ3v) is 5.02. The molecule has 1 N–H and O–H groups in total. The molecule has 0 saturated carbocycles. The molecule has 2 rings (SSSR count). The van der Waals surface area contributed by atoms with E-state index in [1.54, 1.807) is 11.3 Å². The van der Waals surface area contributed by atoms with Gasteiger partial charge in [0.2, 0.25) is 0 Å². The highest BCUT2D eigenvalue weighted by Crippen LogP contribution is 2.21. The van der Waals surface area contributed by atoms with Gasteiger partial charge in [0.05, 0.1) is 11.2 Å². The molecule has 0 radical (unpaired) electrons.